The normalized spacial score (nSPS) is 10.5. The van der Waals surface area contributed by atoms with Gasteiger partial charge in [-0.2, -0.15) is 5.10 Å². The first kappa shape index (κ1) is 7.79. The molecule has 0 saturated heterocycles. The molecule has 0 spiro atoms. The van der Waals surface area contributed by atoms with Crippen LogP contribution in [0.3, 0.4) is 0 Å². The Bertz CT molecular complexity index is 480. The van der Waals surface area contributed by atoms with Crippen LogP contribution in [0, 0.1) is 0 Å². The van der Waals surface area contributed by atoms with Crippen molar-refractivity contribution in [3.05, 3.63) is 18.0 Å². The second kappa shape index (κ2) is 2.58. The van der Waals surface area contributed by atoms with Gasteiger partial charge in [0.25, 0.3) is 0 Å². The van der Waals surface area contributed by atoms with Gasteiger partial charge >= 0.3 is 5.97 Å². The maximum absolute atomic E-state index is 10.7. The van der Waals surface area contributed by atoms with Crippen LogP contribution in [0.15, 0.2) is 12.3 Å². The number of carboxylic acid groups (broad SMARTS) is 1. The minimum Gasteiger partial charge on any atom is -0.476 e. The zero-order valence-electron chi connectivity index (χ0n) is 6.90. The Morgan fingerprint density at radius 1 is 1.62 bits per heavy atom. The quantitative estimate of drug-likeness (QED) is 0.540. The predicted octanol–water partition coefficient (Wildman–Crippen LogP) is -1.09. The Labute approximate surface area is 74.2 Å². The second-order valence-corrected chi connectivity index (χ2v) is 2.79. The van der Waals surface area contributed by atoms with Crippen molar-refractivity contribution < 1.29 is 9.90 Å². The third kappa shape index (κ3) is 1.16. The van der Waals surface area contributed by atoms with Crippen LogP contribution in [-0.2, 0) is 0 Å². The minimum atomic E-state index is -1.04. The molecule has 2 heterocycles. The number of aromatic amines is 1. The van der Waals surface area contributed by atoms with Gasteiger partial charge in [-0.05, 0) is 0 Å². The Kier molecular flexibility index (Phi) is 1.55. The van der Waals surface area contributed by atoms with Gasteiger partial charge in [-0.25, -0.2) is 9.78 Å². The van der Waals surface area contributed by atoms with Crippen molar-refractivity contribution in [1.29, 1.82) is 0 Å². The first-order chi connectivity index (χ1) is 6.18. The molecule has 0 radical (unpaired) electrons. The van der Waals surface area contributed by atoms with E-state index in [1.807, 2.05) is 7.85 Å². The number of rotatable bonds is 1. The topological polar surface area (TPSA) is 78.9 Å². The summed E-state index contributed by atoms with van der Waals surface area (Å²) in [6.45, 7) is 0. The molecule has 5 nitrogen and oxygen atoms in total. The number of pyridine rings is 1. The molecule has 0 aliphatic carbocycles. The number of carbonyl (C=O) groups is 1. The summed E-state index contributed by atoms with van der Waals surface area (Å²) in [7, 11) is 1.85. The van der Waals surface area contributed by atoms with E-state index >= 15 is 0 Å². The molecule has 0 saturated carbocycles. The van der Waals surface area contributed by atoms with Gasteiger partial charge in [-0.1, -0.05) is 11.5 Å². The van der Waals surface area contributed by atoms with Crippen LogP contribution in [0.5, 0.6) is 0 Å². The van der Waals surface area contributed by atoms with E-state index in [4.69, 9.17) is 5.11 Å². The van der Waals surface area contributed by atoms with E-state index in [0.29, 0.717) is 11.0 Å². The summed E-state index contributed by atoms with van der Waals surface area (Å²) in [6.07, 6.45) is 1.66. The average Bonchev–Trinajstić information content (AvgIpc) is 2.46. The SMILES string of the molecule is Bc1cnc2[nH]nc(C(=O)O)c2c1. The number of fused-ring (bicyclic) bond motifs is 1. The van der Waals surface area contributed by atoms with Gasteiger partial charge < -0.3 is 5.11 Å². The van der Waals surface area contributed by atoms with Gasteiger partial charge in [0.2, 0.25) is 0 Å². The molecule has 0 aromatic carbocycles. The standard InChI is InChI=1S/C7H6BN3O2/c8-3-1-4-5(7(12)13)10-11-6(4)9-2-3/h1-2H,8H2,(H,12,13)(H,9,10,11). The highest BCUT2D eigenvalue weighted by Crippen LogP contribution is 2.10. The fraction of sp³-hybridized carbons (Fsp3) is 0. The molecule has 0 aliphatic rings. The molecular formula is C7H6BN3O2. The molecule has 64 valence electrons. The number of H-pyrrole nitrogens is 1. The van der Waals surface area contributed by atoms with Gasteiger partial charge in [0.1, 0.15) is 7.85 Å². The molecule has 0 amide bonds. The maximum atomic E-state index is 10.7. The second-order valence-electron chi connectivity index (χ2n) is 2.79. The molecule has 0 aliphatic heterocycles. The lowest BCUT2D eigenvalue weighted by Crippen LogP contribution is -2.03. The van der Waals surface area contributed by atoms with Crippen LogP contribution in [0.1, 0.15) is 10.5 Å². The third-order valence-corrected chi connectivity index (χ3v) is 1.76. The summed E-state index contributed by atoms with van der Waals surface area (Å²) in [5.41, 5.74) is 1.44. The molecule has 2 aromatic heterocycles. The number of aromatic carboxylic acids is 1. The Morgan fingerprint density at radius 2 is 2.38 bits per heavy atom. The zero-order valence-corrected chi connectivity index (χ0v) is 6.90. The van der Waals surface area contributed by atoms with Gasteiger partial charge in [0.05, 0.1) is 5.39 Å². The van der Waals surface area contributed by atoms with E-state index in [0.717, 1.165) is 5.46 Å². The summed E-state index contributed by atoms with van der Waals surface area (Å²) in [5, 5.41) is 15.5. The van der Waals surface area contributed by atoms with E-state index in [1.54, 1.807) is 12.3 Å². The van der Waals surface area contributed by atoms with E-state index < -0.39 is 5.97 Å². The molecule has 0 unspecified atom stereocenters. The average molecular weight is 175 g/mol. The third-order valence-electron chi connectivity index (χ3n) is 1.76. The molecule has 0 bridgehead atoms. The lowest BCUT2D eigenvalue weighted by Gasteiger charge is -1.91. The van der Waals surface area contributed by atoms with Crippen molar-refractivity contribution >= 4 is 30.3 Å². The van der Waals surface area contributed by atoms with Crippen molar-refractivity contribution in [1.82, 2.24) is 15.2 Å². The van der Waals surface area contributed by atoms with E-state index in [9.17, 15) is 4.79 Å². The van der Waals surface area contributed by atoms with Crippen LogP contribution >= 0.6 is 0 Å². The van der Waals surface area contributed by atoms with Crippen molar-refractivity contribution in [3.8, 4) is 0 Å². The molecule has 2 rings (SSSR count). The largest absolute Gasteiger partial charge is 0.476 e. The van der Waals surface area contributed by atoms with Crippen LogP contribution in [-0.4, -0.2) is 34.1 Å². The first-order valence-corrected chi connectivity index (χ1v) is 3.72. The van der Waals surface area contributed by atoms with Crippen molar-refractivity contribution in [2.45, 2.75) is 0 Å². The van der Waals surface area contributed by atoms with Gasteiger partial charge in [0.15, 0.2) is 11.3 Å². The summed E-state index contributed by atoms with van der Waals surface area (Å²) < 4.78 is 0. The van der Waals surface area contributed by atoms with E-state index in [1.165, 1.54) is 0 Å². The van der Waals surface area contributed by atoms with Crippen molar-refractivity contribution in [2.75, 3.05) is 0 Å². The molecule has 2 N–H and O–H groups in total. The van der Waals surface area contributed by atoms with Gasteiger partial charge in [-0.15, -0.1) is 0 Å². The maximum Gasteiger partial charge on any atom is 0.357 e. The summed E-state index contributed by atoms with van der Waals surface area (Å²) >= 11 is 0. The van der Waals surface area contributed by atoms with E-state index in [2.05, 4.69) is 15.2 Å². The fourth-order valence-corrected chi connectivity index (χ4v) is 1.17. The number of hydrogen-bond donors (Lipinski definition) is 2. The Hall–Kier alpha value is -1.85. The predicted molar refractivity (Wildman–Crippen MR) is 49.0 cm³/mol. The zero-order chi connectivity index (χ0) is 9.42. The highest BCUT2D eigenvalue weighted by molar-refractivity contribution is 6.33. The molecule has 0 atom stereocenters. The number of nitrogens with zero attached hydrogens (tertiary/aromatic N) is 2. The van der Waals surface area contributed by atoms with Crippen molar-refractivity contribution in [2.24, 2.45) is 0 Å². The smallest absolute Gasteiger partial charge is 0.357 e. The number of hydrogen-bond acceptors (Lipinski definition) is 3. The van der Waals surface area contributed by atoms with Gasteiger partial charge in [0, 0.05) is 6.20 Å². The highest BCUT2D eigenvalue weighted by Gasteiger charge is 2.12. The van der Waals surface area contributed by atoms with Crippen LogP contribution < -0.4 is 5.46 Å². The molecule has 0 fully saturated rings. The van der Waals surface area contributed by atoms with Crippen LogP contribution in [0.2, 0.25) is 0 Å². The summed E-state index contributed by atoms with van der Waals surface area (Å²) in [5.74, 6) is -1.04. The van der Waals surface area contributed by atoms with Crippen LogP contribution in [0.25, 0.3) is 11.0 Å². The molecule has 6 heteroatoms. The van der Waals surface area contributed by atoms with Crippen LogP contribution in [0.4, 0.5) is 0 Å². The van der Waals surface area contributed by atoms with Gasteiger partial charge in [-0.3, -0.25) is 5.10 Å². The monoisotopic (exact) mass is 175 g/mol. The fourth-order valence-electron chi connectivity index (χ4n) is 1.17. The first-order valence-electron chi connectivity index (χ1n) is 3.72. The van der Waals surface area contributed by atoms with Crippen molar-refractivity contribution in [3.63, 3.8) is 0 Å². The molecule has 2 aromatic rings. The number of aromatic nitrogens is 3. The summed E-state index contributed by atoms with van der Waals surface area (Å²) in [4.78, 5) is 14.7. The number of carboxylic acids is 1. The minimum absolute atomic E-state index is 0.0196. The summed E-state index contributed by atoms with van der Waals surface area (Å²) in [6, 6.07) is 1.75. The van der Waals surface area contributed by atoms with E-state index in [-0.39, 0.29) is 5.69 Å². The highest BCUT2D eigenvalue weighted by atomic mass is 16.4. The molecular weight excluding hydrogens is 169 g/mol. The lowest BCUT2D eigenvalue weighted by molar-refractivity contribution is 0.0692. The Balaban J connectivity index is 2.79. The Morgan fingerprint density at radius 3 is 3.08 bits per heavy atom. The number of nitrogens with one attached hydrogen (secondary N) is 1. The molecule has 13 heavy (non-hydrogen) atoms. The lowest BCUT2D eigenvalue weighted by atomic mass is 9.97.